The monoisotopic (exact) mass is 387 g/mol. The van der Waals surface area contributed by atoms with Crippen molar-refractivity contribution in [1.82, 2.24) is 0 Å². The zero-order valence-electron chi connectivity index (χ0n) is 15.8. The van der Waals surface area contributed by atoms with Crippen LogP contribution in [0, 0.1) is 23.5 Å². The molecular weight excluding hydrogens is 364 g/mol. The summed E-state index contributed by atoms with van der Waals surface area (Å²) < 4.78 is 27.3. The Labute approximate surface area is 162 Å². The Morgan fingerprint density at radius 1 is 0.929 bits per heavy atom. The third-order valence-electron chi connectivity index (χ3n) is 4.94. The van der Waals surface area contributed by atoms with E-state index in [4.69, 9.17) is 0 Å². The summed E-state index contributed by atoms with van der Waals surface area (Å²) >= 11 is 0. The number of benzene rings is 2. The van der Waals surface area contributed by atoms with E-state index >= 15 is 0 Å². The Bertz CT molecular complexity index is 846. The van der Waals surface area contributed by atoms with E-state index < -0.39 is 35.1 Å². The molecule has 0 aliphatic heterocycles. The Balaban J connectivity index is 1.56. The van der Waals surface area contributed by atoms with E-state index in [-0.39, 0.29) is 5.91 Å². The number of carbonyl (C=O) groups excluding carboxylic acids is 2. The highest BCUT2D eigenvalue weighted by molar-refractivity contribution is 6.03. The van der Waals surface area contributed by atoms with Gasteiger partial charge in [-0.25, -0.2) is 8.78 Å². The molecule has 7 heteroatoms. The highest BCUT2D eigenvalue weighted by Gasteiger charge is 2.48. The fraction of sp³-hybridized carbons (Fsp3) is 0.333. The van der Waals surface area contributed by atoms with Gasteiger partial charge >= 0.3 is 0 Å². The lowest BCUT2D eigenvalue weighted by Gasteiger charge is -2.21. The van der Waals surface area contributed by atoms with Gasteiger partial charge in [0.15, 0.2) is 0 Å². The van der Waals surface area contributed by atoms with Crippen LogP contribution in [0.4, 0.5) is 25.8 Å². The Morgan fingerprint density at radius 3 is 2.00 bits per heavy atom. The molecule has 3 rings (SSSR count). The maximum absolute atomic E-state index is 13.6. The number of nitrogens with one attached hydrogen (secondary N) is 2. The third kappa shape index (κ3) is 4.30. The fourth-order valence-electron chi connectivity index (χ4n) is 3.19. The van der Waals surface area contributed by atoms with Gasteiger partial charge in [-0.1, -0.05) is 6.07 Å². The van der Waals surface area contributed by atoms with Gasteiger partial charge in [-0.05, 0) is 56.7 Å². The summed E-state index contributed by atoms with van der Waals surface area (Å²) in [5, 5.41) is 5.04. The maximum Gasteiger partial charge on any atom is 0.228 e. The standard InChI is InChI=1S/C21H23F2N3O2/c1-3-26(4-2)14-10-8-13(9-11-14)24-20(27)15-12-16(15)21(28)25-19-17(22)6-5-7-18(19)23/h5-11,15-16H,3-4,12H2,1-2H3,(H,24,27)(H,25,28). The zero-order chi connectivity index (χ0) is 20.3. The number of anilines is 3. The van der Waals surface area contributed by atoms with Crippen LogP contribution in [-0.4, -0.2) is 24.9 Å². The van der Waals surface area contributed by atoms with E-state index in [0.29, 0.717) is 12.1 Å². The first-order chi connectivity index (χ1) is 13.4. The Kier molecular flexibility index (Phi) is 5.92. The van der Waals surface area contributed by atoms with Gasteiger partial charge in [-0.15, -0.1) is 0 Å². The molecule has 2 N–H and O–H groups in total. The Morgan fingerprint density at radius 2 is 1.46 bits per heavy atom. The molecule has 2 aromatic rings. The molecule has 1 aliphatic rings. The fourth-order valence-corrected chi connectivity index (χ4v) is 3.19. The van der Waals surface area contributed by atoms with Gasteiger partial charge in [-0.3, -0.25) is 9.59 Å². The molecule has 0 aromatic heterocycles. The number of para-hydroxylation sites is 1. The van der Waals surface area contributed by atoms with E-state index in [0.717, 1.165) is 30.9 Å². The lowest BCUT2D eigenvalue weighted by Crippen LogP contribution is -2.22. The predicted molar refractivity (Wildman–Crippen MR) is 105 cm³/mol. The maximum atomic E-state index is 13.6. The molecule has 28 heavy (non-hydrogen) atoms. The third-order valence-corrected chi connectivity index (χ3v) is 4.94. The Hall–Kier alpha value is -2.96. The van der Waals surface area contributed by atoms with Crippen molar-refractivity contribution in [2.75, 3.05) is 28.6 Å². The van der Waals surface area contributed by atoms with Crippen molar-refractivity contribution >= 4 is 28.9 Å². The van der Waals surface area contributed by atoms with Crippen LogP contribution < -0.4 is 15.5 Å². The molecule has 0 spiro atoms. The first-order valence-electron chi connectivity index (χ1n) is 9.35. The molecule has 0 heterocycles. The van der Waals surface area contributed by atoms with Crippen molar-refractivity contribution in [3.05, 3.63) is 54.1 Å². The van der Waals surface area contributed by atoms with Gasteiger partial charge in [-0.2, -0.15) is 0 Å². The second-order valence-corrected chi connectivity index (χ2v) is 6.74. The molecule has 2 unspecified atom stereocenters. The highest BCUT2D eigenvalue weighted by Crippen LogP contribution is 2.40. The van der Waals surface area contributed by atoms with Crippen molar-refractivity contribution in [2.24, 2.45) is 11.8 Å². The van der Waals surface area contributed by atoms with Gasteiger partial charge in [0.1, 0.15) is 17.3 Å². The van der Waals surface area contributed by atoms with Crippen LogP contribution >= 0.6 is 0 Å². The summed E-state index contributed by atoms with van der Waals surface area (Å²) in [6.07, 6.45) is 0.352. The average molecular weight is 387 g/mol. The minimum atomic E-state index is -0.844. The summed E-state index contributed by atoms with van der Waals surface area (Å²) in [5.41, 5.74) is 1.23. The van der Waals surface area contributed by atoms with Gasteiger partial charge in [0.2, 0.25) is 11.8 Å². The molecule has 0 bridgehead atoms. The zero-order valence-corrected chi connectivity index (χ0v) is 15.8. The molecule has 2 aromatic carbocycles. The minimum Gasteiger partial charge on any atom is -0.372 e. The van der Waals surface area contributed by atoms with Gasteiger partial charge in [0.05, 0.1) is 11.8 Å². The van der Waals surface area contributed by atoms with Crippen LogP contribution in [0.1, 0.15) is 20.3 Å². The molecule has 1 fully saturated rings. The molecule has 5 nitrogen and oxygen atoms in total. The minimum absolute atomic E-state index is 0.273. The number of rotatable bonds is 7. The largest absolute Gasteiger partial charge is 0.372 e. The smallest absolute Gasteiger partial charge is 0.228 e. The molecule has 148 valence electrons. The van der Waals surface area contributed by atoms with Crippen molar-refractivity contribution < 1.29 is 18.4 Å². The predicted octanol–water partition coefficient (Wildman–Crippen LogP) is 4.02. The van der Waals surface area contributed by atoms with E-state index in [1.807, 2.05) is 24.3 Å². The van der Waals surface area contributed by atoms with Crippen molar-refractivity contribution in [1.29, 1.82) is 0 Å². The lowest BCUT2D eigenvalue weighted by molar-refractivity contribution is -0.122. The quantitative estimate of drug-likeness (QED) is 0.754. The molecule has 1 saturated carbocycles. The van der Waals surface area contributed by atoms with Crippen molar-refractivity contribution in [2.45, 2.75) is 20.3 Å². The topological polar surface area (TPSA) is 61.4 Å². The lowest BCUT2D eigenvalue weighted by atomic mass is 10.2. The number of carbonyl (C=O) groups is 2. The van der Waals surface area contributed by atoms with Crippen LogP contribution in [0.5, 0.6) is 0 Å². The number of hydrogen-bond donors (Lipinski definition) is 2. The average Bonchev–Trinajstić information content (AvgIpc) is 3.48. The van der Waals surface area contributed by atoms with Crippen molar-refractivity contribution in [3.8, 4) is 0 Å². The number of hydrogen-bond acceptors (Lipinski definition) is 3. The van der Waals surface area contributed by atoms with Crippen LogP contribution in [0.15, 0.2) is 42.5 Å². The van der Waals surface area contributed by atoms with E-state index in [9.17, 15) is 18.4 Å². The number of nitrogens with zero attached hydrogens (tertiary/aromatic N) is 1. The van der Waals surface area contributed by atoms with Crippen LogP contribution in [0.25, 0.3) is 0 Å². The van der Waals surface area contributed by atoms with Crippen LogP contribution in [-0.2, 0) is 9.59 Å². The van der Waals surface area contributed by atoms with E-state index in [1.54, 1.807) is 0 Å². The molecule has 2 amide bonds. The summed E-state index contributed by atoms with van der Waals surface area (Å²) in [5.74, 6) is -3.61. The first kappa shape index (κ1) is 19.8. The molecule has 1 aliphatic carbocycles. The highest BCUT2D eigenvalue weighted by atomic mass is 19.1. The summed E-state index contributed by atoms with van der Waals surface area (Å²) in [4.78, 5) is 26.7. The summed E-state index contributed by atoms with van der Waals surface area (Å²) in [6, 6.07) is 10.9. The molecule has 2 atom stereocenters. The van der Waals surface area contributed by atoms with E-state index in [2.05, 4.69) is 29.4 Å². The summed E-state index contributed by atoms with van der Waals surface area (Å²) in [7, 11) is 0. The summed E-state index contributed by atoms with van der Waals surface area (Å²) in [6.45, 7) is 5.93. The van der Waals surface area contributed by atoms with Gasteiger partial charge in [0.25, 0.3) is 0 Å². The van der Waals surface area contributed by atoms with Gasteiger partial charge in [0, 0.05) is 24.5 Å². The SMILES string of the molecule is CCN(CC)c1ccc(NC(=O)C2CC2C(=O)Nc2c(F)cccc2F)cc1. The van der Waals surface area contributed by atoms with E-state index in [1.165, 1.54) is 6.07 Å². The second kappa shape index (κ2) is 8.37. The second-order valence-electron chi connectivity index (χ2n) is 6.74. The van der Waals surface area contributed by atoms with Crippen LogP contribution in [0.3, 0.4) is 0 Å². The number of amides is 2. The van der Waals surface area contributed by atoms with Crippen molar-refractivity contribution in [3.63, 3.8) is 0 Å². The van der Waals surface area contributed by atoms with Crippen LogP contribution in [0.2, 0.25) is 0 Å². The normalized spacial score (nSPS) is 17.7. The first-order valence-corrected chi connectivity index (χ1v) is 9.35. The molecule has 0 saturated heterocycles. The number of halogens is 2. The van der Waals surface area contributed by atoms with Gasteiger partial charge < -0.3 is 15.5 Å². The molecule has 0 radical (unpaired) electrons. The molecular formula is C21H23F2N3O2.